The third-order valence-corrected chi connectivity index (χ3v) is 4.11. The molecule has 5 heteroatoms. The van der Waals surface area contributed by atoms with Crippen molar-refractivity contribution in [3.05, 3.63) is 11.6 Å². The van der Waals surface area contributed by atoms with Gasteiger partial charge in [-0.3, -0.25) is 4.18 Å². The fourth-order valence-electron chi connectivity index (χ4n) is 2.32. The molecule has 1 heterocycles. The molecule has 72 valence electrons. The number of nitrogens with one attached hydrogen (secondary N) is 1. The second kappa shape index (κ2) is 2.34. The number of fused-ring (bicyclic) bond motifs is 1. The van der Waals surface area contributed by atoms with Crippen LogP contribution in [0.25, 0.3) is 0 Å². The summed E-state index contributed by atoms with van der Waals surface area (Å²) in [4.78, 5) is 0. The third kappa shape index (κ3) is 1.22. The fraction of sp³-hybridized carbons (Fsp3) is 0.750. The minimum atomic E-state index is -3.43. The molecule has 13 heavy (non-hydrogen) atoms. The maximum Gasteiger partial charge on any atom is 0.336 e. The Balaban J connectivity index is 1.81. The Morgan fingerprint density at radius 1 is 1.54 bits per heavy atom. The van der Waals surface area contributed by atoms with Gasteiger partial charge in [-0.15, -0.1) is 0 Å². The molecule has 1 saturated carbocycles. The predicted molar refractivity (Wildman–Crippen MR) is 46.1 cm³/mol. The standard InChI is InChI=1S/C8H11NO3S/c10-13(11)9-8(4-12-13)6-2-1-5-3-7(5)6/h2,5,7-9H,1,3-4H2/t5?,7-,8?/m1/s1. The van der Waals surface area contributed by atoms with Crippen LogP contribution in [0.2, 0.25) is 0 Å². The average Bonchev–Trinajstić information content (AvgIpc) is 2.56. The van der Waals surface area contributed by atoms with Crippen LogP contribution in [0.1, 0.15) is 12.8 Å². The Labute approximate surface area is 77.2 Å². The van der Waals surface area contributed by atoms with Gasteiger partial charge in [0, 0.05) is 0 Å². The zero-order chi connectivity index (χ0) is 9.05. The lowest BCUT2D eigenvalue weighted by Crippen LogP contribution is -2.29. The van der Waals surface area contributed by atoms with Crippen LogP contribution in [0.4, 0.5) is 0 Å². The van der Waals surface area contributed by atoms with Crippen molar-refractivity contribution < 1.29 is 12.6 Å². The minimum absolute atomic E-state index is 0.0810. The third-order valence-electron chi connectivity index (χ3n) is 3.09. The van der Waals surface area contributed by atoms with E-state index in [2.05, 4.69) is 15.0 Å². The van der Waals surface area contributed by atoms with Crippen molar-refractivity contribution in [3.8, 4) is 0 Å². The second-order valence-corrected chi connectivity index (χ2v) is 5.33. The van der Waals surface area contributed by atoms with Crippen LogP contribution in [-0.2, 0) is 14.5 Å². The number of hydrogen-bond donors (Lipinski definition) is 1. The Morgan fingerprint density at radius 2 is 2.38 bits per heavy atom. The molecule has 0 bridgehead atoms. The van der Waals surface area contributed by atoms with Crippen LogP contribution in [0.3, 0.4) is 0 Å². The molecule has 3 atom stereocenters. The highest BCUT2D eigenvalue weighted by Gasteiger charge is 2.47. The van der Waals surface area contributed by atoms with Crippen LogP contribution in [0.15, 0.2) is 11.6 Å². The van der Waals surface area contributed by atoms with E-state index in [0.717, 1.165) is 12.3 Å². The van der Waals surface area contributed by atoms with Crippen molar-refractivity contribution in [2.75, 3.05) is 6.61 Å². The first-order chi connectivity index (χ1) is 6.16. The van der Waals surface area contributed by atoms with Gasteiger partial charge in [-0.25, -0.2) is 0 Å². The lowest BCUT2D eigenvalue weighted by atomic mass is 10.1. The Bertz CT molecular complexity index is 373. The van der Waals surface area contributed by atoms with E-state index in [4.69, 9.17) is 0 Å². The average molecular weight is 201 g/mol. The van der Waals surface area contributed by atoms with Crippen LogP contribution in [-0.4, -0.2) is 21.1 Å². The van der Waals surface area contributed by atoms with Gasteiger partial charge in [0.1, 0.15) is 0 Å². The highest BCUT2D eigenvalue weighted by molar-refractivity contribution is 7.85. The maximum atomic E-state index is 11.0. The van der Waals surface area contributed by atoms with Crippen molar-refractivity contribution >= 4 is 10.3 Å². The van der Waals surface area contributed by atoms with Gasteiger partial charge < -0.3 is 0 Å². The van der Waals surface area contributed by atoms with Crippen molar-refractivity contribution in [1.82, 2.24) is 4.72 Å². The minimum Gasteiger partial charge on any atom is -0.256 e. The predicted octanol–water partition coefficient (Wildman–Crippen LogP) is 0.186. The second-order valence-electron chi connectivity index (χ2n) is 3.95. The van der Waals surface area contributed by atoms with Crippen LogP contribution >= 0.6 is 0 Å². The Morgan fingerprint density at radius 3 is 2.85 bits per heavy atom. The molecule has 1 aliphatic heterocycles. The van der Waals surface area contributed by atoms with Gasteiger partial charge in [-0.1, -0.05) is 11.6 Å². The van der Waals surface area contributed by atoms with Crippen LogP contribution < -0.4 is 4.72 Å². The van der Waals surface area contributed by atoms with Crippen molar-refractivity contribution in [2.24, 2.45) is 11.8 Å². The normalized spacial score (nSPS) is 45.8. The molecule has 4 nitrogen and oxygen atoms in total. The summed E-state index contributed by atoms with van der Waals surface area (Å²) in [6.45, 7) is 0.275. The van der Waals surface area contributed by atoms with E-state index in [-0.39, 0.29) is 12.6 Å². The van der Waals surface area contributed by atoms with Crippen LogP contribution in [0, 0.1) is 11.8 Å². The molecule has 0 aromatic heterocycles. The van der Waals surface area contributed by atoms with Crippen molar-refractivity contribution in [2.45, 2.75) is 18.9 Å². The quantitative estimate of drug-likeness (QED) is 0.616. The Kier molecular flexibility index (Phi) is 1.44. The van der Waals surface area contributed by atoms with Crippen LogP contribution in [0.5, 0.6) is 0 Å². The Hall–Kier alpha value is -0.390. The molecule has 0 aromatic rings. The number of hydrogen-bond acceptors (Lipinski definition) is 3. The lowest BCUT2D eigenvalue weighted by molar-refractivity contribution is 0.344. The van der Waals surface area contributed by atoms with Crippen molar-refractivity contribution in [3.63, 3.8) is 0 Å². The van der Waals surface area contributed by atoms with E-state index in [9.17, 15) is 8.42 Å². The molecule has 3 rings (SSSR count). The highest BCUT2D eigenvalue weighted by atomic mass is 32.2. The monoisotopic (exact) mass is 201 g/mol. The summed E-state index contributed by atoms with van der Waals surface area (Å²) in [6, 6.07) is -0.0810. The maximum absolute atomic E-state index is 11.0. The largest absolute Gasteiger partial charge is 0.336 e. The molecule has 2 fully saturated rings. The summed E-state index contributed by atoms with van der Waals surface area (Å²) in [7, 11) is -3.43. The molecule has 1 saturated heterocycles. The SMILES string of the molecule is O=S1(=O)NC(C2=CCC3C[C@@H]23)CO1. The van der Waals surface area contributed by atoms with E-state index >= 15 is 0 Å². The molecule has 0 amide bonds. The van der Waals surface area contributed by atoms with Gasteiger partial charge in [0.25, 0.3) is 0 Å². The van der Waals surface area contributed by atoms with Gasteiger partial charge in [-0.05, 0) is 24.7 Å². The van der Waals surface area contributed by atoms with Gasteiger partial charge >= 0.3 is 10.3 Å². The van der Waals surface area contributed by atoms with E-state index in [1.807, 2.05) is 0 Å². The summed E-state index contributed by atoms with van der Waals surface area (Å²) in [5.74, 6) is 1.45. The van der Waals surface area contributed by atoms with Gasteiger partial charge in [0.15, 0.2) is 0 Å². The van der Waals surface area contributed by atoms with Gasteiger partial charge in [0.2, 0.25) is 0 Å². The fourth-order valence-corrected chi connectivity index (χ4v) is 3.26. The van der Waals surface area contributed by atoms with E-state index in [1.165, 1.54) is 12.0 Å². The van der Waals surface area contributed by atoms with E-state index in [0.29, 0.717) is 5.92 Å². The first-order valence-corrected chi connectivity index (χ1v) is 5.93. The first kappa shape index (κ1) is 7.96. The molecule has 1 N–H and O–H groups in total. The molecule has 3 aliphatic rings. The van der Waals surface area contributed by atoms with Gasteiger partial charge in [-0.2, -0.15) is 13.1 Å². The number of rotatable bonds is 1. The lowest BCUT2D eigenvalue weighted by Gasteiger charge is -2.08. The summed E-state index contributed by atoms with van der Waals surface area (Å²) >= 11 is 0. The summed E-state index contributed by atoms with van der Waals surface area (Å²) in [5.41, 5.74) is 1.26. The molecule has 0 spiro atoms. The molecular weight excluding hydrogens is 190 g/mol. The number of allylic oxidation sites excluding steroid dienone is 1. The topological polar surface area (TPSA) is 55.4 Å². The van der Waals surface area contributed by atoms with E-state index < -0.39 is 10.3 Å². The molecular formula is C8H11NO3S. The zero-order valence-corrected chi connectivity index (χ0v) is 7.88. The molecule has 0 radical (unpaired) electrons. The smallest absolute Gasteiger partial charge is 0.256 e. The summed E-state index contributed by atoms with van der Waals surface area (Å²) in [6.07, 6.45) is 4.53. The first-order valence-electron chi connectivity index (χ1n) is 4.52. The summed E-state index contributed by atoms with van der Waals surface area (Å²) < 4.78 is 29.1. The summed E-state index contributed by atoms with van der Waals surface area (Å²) in [5, 5.41) is 0. The zero-order valence-electron chi connectivity index (χ0n) is 7.06. The highest BCUT2D eigenvalue weighted by Crippen LogP contribution is 2.53. The van der Waals surface area contributed by atoms with E-state index in [1.54, 1.807) is 0 Å². The molecule has 0 aromatic carbocycles. The molecule has 2 aliphatic carbocycles. The molecule has 2 unspecified atom stereocenters. The van der Waals surface area contributed by atoms with Gasteiger partial charge in [0.05, 0.1) is 12.6 Å². The van der Waals surface area contributed by atoms with Crippen molar-refractivity contribution in [1.29, 1.82) is 0 Å².